The van der Waals surface area contributed by atoms with Gasteiger partial charge >= 0.3 is 0 Å². The maximum absolute atomic E-state index is 4.54. The summed E-state index contributed by atoms with van der Waals surface area (Å²) in [6.45, 7) is 13.8. The molecule has 0 bridgehead atoms. The summed E-state index contributed by atoms with van der Waals surface area (Å²) in [7, 11) is 0. The number of anilines is 1. The molecule has 1 aromatic heterocycles. The summed E-state index contributed by atoms with van der Waals surface area (Å²) in [5, 5.41) is 3.38. The van der Waals surface area contributed by atoms with Gasteiger partial charge in [-0.15, -0.1) is 0 Å². The molecule has 0 aliphatic rings. The number of nitrogens with zero attached hydrogens (tertiary/aromatic N) is 3. The lowest BCUT2D eigenvalue weighted by Crippen LogP contribution is -2.32. The van der Waals surface area contributed by atoms with E-state index in [0.717, 1.165) is 37.6 Å². The molecule has 1 rings (SSSR count). The fourth-order valence-electron chi connectivity index (χ4n) is 1.95. The summed E-state index contributed by atoms with van der Waals surface area (Å²) in [6.07, 6.45) is 4.90. The van der Waals surface area contributed by atoms with Crippen LogP contribution >= 0.6 is 0 Å². The fourth-order valence-corrected chi connectivity index (χ4v) is 1.95. The van der Waals surface area contributed by atoms with E-state index in [0.29, 0.717) is 12.0 Å². The molecule has 1 N–H and O–H groups in total. The Kier molecular flexibility index (Phi) is 6.78. The highest BCUT2D eigenvalue weighted by atomic mass is 15.2. The molecule has 19 heavy (non-hydrogen) atoms. The smallest absolute Gasteiger partial charge is 0.147 e. The zero-order valence-corrected chi connectivity index (χ0v) is 13.0. The van der Waals surface area contributed by atoms with Crippen LogP contribution in [0.1, 0.15) is 46.7 Å². The summed E-state index contributed by atoms with van der Waals surface area (Å²) in [6, 6.07) is 0.458. The van der Waals surface area contributed by atoms with Crippen LogP contribution in [0.4, 0.5) is 5.82 Å². The highest BCUT2D eigenvalue weighted by Gasteiger charge is 2.11. The number of hydrogen-bond donors (Lipinski definition) is 1. The third kappa shape index (κ3) is 5.55. The van der Waals surface area contributed by atoms with Crippen molar-refractivity contribution in [1.29, 1.82) is 0 Å². The molecule has 0 saturated heterocycles. The van der Waals surface area contributed by atoms with Gasteiger partial charge in [0.25, 0.3) is 0 Å². The van der Waals surface area contributed by atoms with Gasteiger partial charge in [-0.2, -0.15) is 0 Å². The standard InChI is InChI=1S/C15H28N4/c1-6-7-19(13(4)5)15-11-17-14(10-18-15)9-16-8-12(2)3/h10-13,16H,6-9H2,1-5H3. The van der Waals surface area contributed by atoms with Crippen LogP contribution in [0.2, 0.25) is 0 Å². The molecule has 0 aliphatic heterocycles. The maximum atomic E-state index is 4.54. The van der Waals surface area contributed by atoms with Crippen LogP contribution in [-0.4, -0.2) is 29.1 Å². The lowest BCUT2D eigenvalue weighted by molar-refractivity contribution is 0.547. The highest BCUT2D eigenvalue weighted by molar-refractivity contribution is 5.36. The maximum Gasteiger partial charge on any atom is 0.147 e. The molecule has 1 aromatic rings. The molecular weight excluding hydrogens is 236 g/mol. The lowest BCUT2D eigenvalue weighted by atomic mass is 10.2. The summed E-state index contributed by atoms with van der Waals surface area (Å²) >= 11 is 0. The number of hydrogen-bond acceptors (Lipinski definition) is 4. The van der Waals surface area contributed by atoms with Crippen LogP contribution in [0.5, 0.6) is 0 Å². The Bertz CT molecular complexity index is 346. The van der Waals surface area contributed by atoms with E-state index in [2.05, 4.69) is 54.8 Å². The highest BCUT2D eigenvalue weighted by Crippen LogP contribution is 2.13. The number of nitrogens with one attached hydrogen (secondary N) is 1. The van der Waals surface area contributed by atoms with Crippen LogP contribution in [-0.2, 0) is 6.54 Å². The van der Waals surface area contributed by atoms with Crippen molar-refractivity contribution in [1.82, 2.24) is 15.3 Å². The van der Waals surface area contributed by atoms with Gasteiger partial charge in [0.2, 0.25) is 0 Å². The minimum Gasteiger partial charge on any atom is -0.353 e. The van der Waals surface area contributed by atoms with Crippen LogP contribution in [0, 0.1) is 5.92 Å². The molecule has 0 fully saturated rings. The van der Waals surface area contributed by atoms with Crippen molar-refractivity contribution in [3.8, 4) is 0 Å². The summed E-state index contributed by atoms with van der Waals surface area (Å²) in [4.78, 5) is 11.3. The average Bonchev–Trinajstić information content (AvgIpc) is 2.36. The molecule has 0 amide bonds. The van der Waals surface area contributed by atoms with Crippen LogP contribution < -0.4 is 10.2 Å². The Morgan fingerprint density at radius 1 is 1.16 bits per heavy atom. The predicted octanol–water partition coefficient (Wildman–Crippen LogP) is 2.85. The van der Waals surface area contributed by atoms with Crippen molar-refractivity contribution in [3.63, 3.8) is 0 Å². The summed E-state index contributed by atoms with van der Waals surface area (Å²) in [5.41, 5.74) is 1.00. The van der Waals surface area contributed by atoms with Crippen molar-refractivity contribution >= 4 is 5.82 Å². The molecule has 0 aromatic carbocycles. The molecule has 1 heterocycles. The van der Waals surface area contributed by atoms with E-state index in [4.69, 9.17) is 0 Å². The first kappa shape index (κ1) is 15.9. The zero-order chi connectivity index (χ0) is 14.3. The van der Waals surface area contributed by atoms with Crippen molar-refractivity contribution in [2.45, 2.75) is 53.6 Å². The Hall–Kier alpha value is -1.16. The molecule has 0 unspecified atom stereocenters. The van der Waals surface area contributed by atoms with Crippen molar-refractivity contribution in [2.24, 2.45) is 5.92 Å². The monoisotopic (exact) mass is 264 g/mol. The quantitative estimate of drug-likeness (QED) is 0.784. The van der Waals surface area contributed by atoms with Crippen molar-refractivity contribution < 1.29 is 0 Å². The lowest BCUT2D eigenvalue weighted by Gasteiger charge is -2.27. The van der Waals surface area contributed by atoms with E-state index in [1.807, 2.05) is 12.4 Å². The molecule has 0 spiro atoms. The normalized spacial score (nSPS) is 11.3. The fraction of sp³-hybridized carbons (Fsp3) is 0.733. The number of aromatic nitrogens is 2. The van der Waals surface area contributed by atoms with Gasteiger partial charge in [0.05, 0.1) is 18.1 Å². The largest absolute Gasteiger partial charge is 0.353 e. The van der Waals surface area contributed by atoms with Crippen LogP contribution in [0.3, 0.4) is 0 Å². The Labute approximate surface area is 117 Å². The third-order valence-corrected chi connectivity index (χ3v) is 2.93. The molecular formula is C15H28N4. The van der Waals surface area contributed by atoms with E-state index in [-0.39, 0.29) is 0 Å². The Morgan fingerprint density at radius 3 is 2.37 bits per heavy atom. The molecule has 4 nitrogen and oxygen atoms in total. The van der Waals surface area contributed by atoms with Gasteiger partial charge in [0.1, 0.15) is 5.82 Å². The molecule has 0 aliphatic carbocycles. The first-order chi connectivity index (χ1) is 9.04. The van der Waals surface area contributed by atoms with Crippen molar-refractivity contribution in [3.05, 3.63) is 18.1 Å². The second kappa shape index (κ2) is 8.10. The van der Waals surface area contributed by atoms with Crippen LogP contribution in [0.25, 0.3) is 0 Å². The minimum atomic E-state index is 0.458. The van der Waals surface area contributed by atoms with E-state index in [9.17, 15) is 0 Å². The SMILES string of the molecule is CCCN(c1cnc(CNCC(C)C)cn1)C(C)C. The zero-order valence-electron chi connectivity index (χ0n) is 13.0. The van der Waals surface area contributed by atoms with Gasteiger partial charge in [-0.05, 0) is 32.7 Å². The Balaban J connectivity index is 2.59. The van der Waals surface area contributed by atoms with E-state index in [1.165, 1.54) is 0 Å². The van der Waals surface area contributed by atoms with Gasteiger partial charge in [-0.25, -0.2) is 4.98 Å². The first-order valence-corrected chi connectivity index (χ1v) is 7.32. The third-order valence-electron chi connectivity index (χ3n) is 2.93. The van der Waals surface area contributed by atoms with Gasteiger partial charge in [-0.3, -0.25) is 4.98 Å². The van der Waals surface area contributed by atoms with Gasteiger partial charge in [0.15, 0.2) is 0 Å². The topological polar surface area (TPSA) is 41.1 Å². The van der Waals surface area contributed by atoms with Gasteiger partial charge in [-0.1, -0.05) is 20.8 Å². The minimum absolute atomic E-state index is 0.458. The van der Waals surface area contributed by atoms with E-state index in [1.54, 1.807) is 0 Å². The molecule has 0 radical (unpaired) electrons. The average molecular weight is 264 g/mol. The number of rotatable bonds is 8. The first-order valence-electron chi connectivity index (χ1n) is 7.32. The predicted molar refractivity (Wildman–Crippen MR) is 81.3 cm³/mol. The second-order valence-electron chi connectivity index (χ2n) is 5.68. The van der Waals surface area contributed by atoms with Crippen LogP contribution in [0.15, 0.2) is 12.4 Å². The van der Waals surface area contributed by atoms with E-state index < -0.39 is 0 Å². The molecule has 0 saturated carbocycles. The summed E-state index contributed by atoms with van der Waals surface area (Å²) in [5.74, 6) is 1.64. The van der Waals surface area contributed by atoms with Gasteiger partial charge in [0, 0.05) is 19.1 Å². The second-order valence-corrected chi connectivity index (χ2v) is 5.68. The Morgan fingerprint density at radius 2 is 1.89 bits per heavy atom. The molecule has 4 heteroatoms. The van der Waals surface area contributed by atoms with Crippen molar-refractivity contribution in [2.75, 3.05) is 18.0 Å². The molecule has 108 valence electrons. The molecule has 0 atom stereocenters. The van der Waals surface area contributed by atoms with Gasteiger partial charge < -0.3 is 10.2 Å². The van der Waals surface area contributed by atoms with E-state index >= 15 is 0 Å². The summed E-state index contributed by atoms with van der Waals surface area (Å²) < 4.78 is 0.